The molecule has 3 nitrogen and oxygen atoms in total. The number of nitrogens with zero attached hydrogens (tertiary/aromatic N) is 1. The Morgan fingerprint density at radius 1 is 1.44 bits per heavy atom. The average Bonchev–Trinajstić information content (AvgIpc) is 2.35. The molecule has 4 heteroatoms. The molecule has 0 spiro atoms. The van der Waals surface area contributed by atoms with Gasteiger partial charge in [0.1, 0.15) is 0 Å². The summed E-state index contributed by atoms with van der Waals surface area (Å²) in [4.78, 5) is 14.0. The number of hydrogen-bond acceptors (Lipinski definition) is 3. The van der Waals surface area contributed by atoms with E-state index < -0.39 is 0 Å². The number of thioether (sulfide) groups is 1. The van der Waals surface area contributed by atoms with Crippen molar-refractivity contribution in [2.75, 3.05) is 19.4 Å². The molecule has 0 saturated carbocycles. The molecule has 100 valence electrons. The number of hydrogen-bond donors (Lipinski definition) is 1. The van der Waals surface area contributed by atoms with Crippen LogP contribution in [0, 0.1) is 0 Å². The highest BCUT2D eigenvalue weighted by molar-refractivity contribution is 7.97. The van der Waals surface area contributed by atoms with Crippen molar-refractivity contribution in [3.8, 4) is 0 Å². The van der Waals surface area contributed by atoms with Crippen LogP contribution in [0.1, 0.15) is 29.8 Å². The maximum atomic E-state index is 12.3. The first-order valence-electron chi connectivity index (χ1n) is 6.09. The Balaban J connectivity index is 2.90. The lowest BCUT2D eigenvalue weighted by atomic mass is 10.1. The van der Waals surface area contributed by atoms with Gasteiger partial charge < -0.3 is 10.0 Å². The Labute approximate surface area is 113 Å². The minimum absolute atomic E-state index is 0.00553. The van der Waals surface area contributed by atoms with E-state index in [0.29, 0.717) is 12.1 Å². The molecule has 1 amide bonds. The predicted octanol–water partition coefficient (Wildman–Crippen LogP) is 2.39. The van der Waals surface area contributed by atoms with Gasteiger partial charge in [-0.05, 0) is 37.8 Å². The molecule has 0 aliphatic rings. The van der Waals surface area contributed by atoms with Crippen LogP contribution in [0.15, 0.2) is 24.3 Å². The van der Waals surface area contributed by atoms with Crippen LogP contribution in [0.5, 0.6) is 0 Å². The van der Waals surface area contributed by atoms with Gasteiger partial charge in [-0.25, -0.2) is 0 Å². The number of amides is 1. The fourth-order valence-electron chi connectivity index (χ4n) is 1.83. The number of aliphatic hydroxyl groups is 1. The minimum Gasteiger partial charge on any atom is -0.395 e. The number of carbonyl (C=O) groups excluding carboxylic acids is 1. The minimum atomic E-state index is -0.0120. The summed E-state index contributed by atoms with van der Waals surface area (Å²) in [7, 11) is 0. The lowest BCUT2D eigenvalue weighted by Crippen LogP contribution is -2.39. The van der Waals surface area contributed by atoms with Crippen molar-refractivity contribution in [3.63, 3.8) is 0 Å². The molecule has 0 bridgehead atoms. The first-order chi connectivity index (χ1) is 8.60. The second-order valence-electron chi connectivity index (χ2n) is 4.45. The van der Waals surface area contributed by atoms with Crippen LogP contribution >= 0.6 is 11.8 Å². The first kappa shape index (κ1) is 15.1. The highest BCUT2D eigenvalue weighted by Gasteiger charge is 2.18. The molecule has 1 rings (SSSR count). The molecule has 1 aromatic rings. The van der Waals surface area contributed by atoms with Crippen molar-refractivity contribution < 1.29 is 9.90 Å². The van der Waals surface area contributed by atoms with Crippen LogP contribution in [-0.4, -0.2) is 41.4 Å². The van der Waals surface area contributed by atoms with Crippen molar-refractivity contribution in [2.24, 2.45) is 0 Å². The zero-order valence-corrected chi connectivity index (χ0v) is 12.0. The van der Waals surface area contributed by atoms with E-state index in [-0.39, 0.29) is 18.6 Å². The summed E-state index contributed by atoms with van der Waals surface area (Å²) in [6, 6.07) is 7.80. The van der Waals surface area contributed by atoms with Crippen LogP contribution in [0.3, 0.4) is 0 Å². The van der Waals surface area contributed by atoms with Crippen molar-refractivity contribution in [2.45, 2.75) is 25.6 Å². The SMILES string of the molecule is CSCc1cccc(C(=O)N(CCO)C(C)C)c1. The lowest BCUT2D eigenvalue weighted by Gasteiger charge is -2.26. The summed E-state index contributed by atoms with van der Waals surface area (Å²) in [5.41, 5.74) is 1.85. The zero-order chi connectivity index (χ0) is 13.5. The molecular formula is C14H21NO2S. The molecule has 18 heavy (non-hydrogen) atoms. The summed E-state index contributed by atoms with van der Waals surface area (Å²) in [5, 5.41) is 9.02. The van der Waals surface area contributed by atoms with E-state index in [4.69, 9.17) is 5.11 Å². The molecule has 0 radical (unpaired) electrons. The fourth-order valence-corrected chi connectivity index (χ4v) is 2.34. The van der Waals surface area contributed by atoms with Gasteiger partial charge in [-0.1, -0.05) is 12.1 Å². The van der Waals surface area contributed by atoms with E-state index in [9.17, 15) is 4.79 Å². The molecule has 0 aromatic heterocycles. The van der Waals surface area contributed by atoms with E-state index in [1.54, 1.807) is 16.7 Å². The highest BCUT2D eigenvalue weighted by atomic mass is 32.2. The van der Waals surface area contributed by atoms with Gasteiger partial charge in [0, 0.05) is 23.9 Å². The van der Waals surface area contributed by atoms with Gasteiger partial charge in [0.15, 0.2) is 0 Å². The number of carbonyl (C=O) groups is 1. The van der Waals surface area contributed by atoms with Crippen LogP contribution in [0.25, 0.3) is 0 Å². The quantitative estimate of drug-likeness (QED) is 0.860. The van der Waals surface area contributed by atoms with Crippen LogP contribution < -0.4 is 0 Å². The summed E-state index contributed by atoms with van der Waals surface area (Å²) in [5.74, 6) is 0.894. The maximum Gasteiger partial charge on any atom is 0.254 e. The highest BCUT2D eigenvalue weighted by Crippen LogP contribution is 2.14. The molecular weight excluding hydrogens is 246 g/mol. The van der Waals surface area contributed by atoms with Gasteiger partial charge in [0.25, 0.3) is 5.91 Å². The van der Waals surface area contributed by atoms with Gasteiger partial charge in [-0.2, -0.15) is 11.8 Å². The molecule has 0 aliphatic heterocycles. The predicted molar refractivity (Wildman–Crippen MR) is 76.9 cm³/mol. The molecule has 0 aliphatic carbocycles. The molecule has 0 fully saturated rings. The van der Waals surface area contributed by atoms with Crippen LogP contribution in [0.4, 0.5) is 0 Å². The molecule has 0 saturated heterocycles. The summed E-state index contributed by atoms with van der Waals surface area (Å²) in [6.07, 6.45) is 2.04. The van der Waals surface area contributed by atoms with Crippen LogP contribution in [-0.2, 0) is 5.75 Å². The van der Waals surface area contributed by atoms with E-state index >= 15 is 0 Å². The van der Waals surface area contributed by atoms with Crippen LogP contribution in [0.2, 0.25) is 0 Å². The third kappa shape index (κ3) is 4.03. The number of aliphatic hydroxyl groups excluding tert-OH is 1. The lowest BCUT2D eigenvalue weighted by molar-refractivity contribution is 0.0665. The second-order valence-corrected chi connectivity index (χ2v) is 5.32. The number of benzene rings is 1. The Kier molecular flexibility index (Phi) is 6.22. The van der Waals surface area contributed by atoms with Crippen molar-refractivity contribution in [3.05, 3.63) is 35.4 Å². The van der Waals surface area contributed by atoms with Crippen molar-refractivity contribution >= 4 is 17.7 Å². The maximum absolute atomic E-state index is 12.3. The monoisotopic (exact) mass is 267 g/mol. The standard InChI is InChI=1S/C14H21NO2S/c1-11(2)15(7-8-16)14(17)13-6-4-5-12(9-13)10-18-3/h4-6,9,11,16H,7-8,10H2,1-3H3. The Bertz CT molecular complexity index is 393. The van der Waals surface area contributed by atoms with E-state index in [2.05, 4.69) is 0 Å². The summed E-state index contributed by atoms with van der Waals surface area (Å²) in [6.45, 7) is 4.29. The summed E-state index contributed by atoms with van der Waals surface area (Å²) >= 11 is 1.74. The van der Waals surface area contributed by atoms with E-state index in [0.717, 1.165) is 11.3 Å². The third-order valence-corrected chi connectivity index (χ3v) is 3.33. The average molecular weight is 267 g/mol. The normalized spacial score (nSPS) is 10.7. The first-order valence-corrected chi connectivity index (χ1v) is 7.49. The van der Waals surface area contributed by atoms with Gasteiger partial charge in [0.2, 0.25) is 0 Å². The molecule has 1 aromatic carbocycles. The van der Waals surface area contributed by atoms with E-state index in [1.807, 2.05) is 44.4 Å². The summed E-state index contributed by atoms with van der Waals surface area (Å²) < 4.78 is 0. The zero-order valence-electron chi connectivity index (χ0n) is 11.2. The van der Waals surface area contributed by atoms with Gasteiger partial charge in [0.05, 0.1) is 6.61 Å². The molecule has 0 unspecified atom stereocenters. The van der Waals surface area contributed by atoms with Crippen molar-refractivity contribution in [1.82, 2.24) is 4.90 Å². The van der Waals surface area contributed by atoms with Gasteiger partial charge in [-0.3, -0.25) is 4.79 Å². The Morgan fingerprint density at radius 3 is 2.72 bits per heavy atom. The number of rotatable bonds is 6. The van der Waals surface area contributed by atoms with Crippen molar-refractivity contribution in [1.29, 1.82) is 0 Å². The molecule has 0 atom stereocenters. The fraction of sp³-hybridized carbons (Fsp3) is 0.500. The smallest absolute Gasteiger partial charge is 0.254 e. The molecule has 0 heterocycles. The van der Waals surface area contributed by atoms with Gasteiger partial charge in [-0.15, -0.1) is 0 Å². The topological polar surface area (TPSA) is 40.5 Å². The van der Waals surface area contributed by atoms with E-state index in [1.165, 1.54) is 0 Å². The third-order valence-electron chi connectivity index (χ3n) is 2.71. The molecule has 1 N–H and O–H groups in total. The Hall–Kier alpha value is -1.00. The van der Waals surface area contributed by atoms with Gasteiger partial charge >= 0.3 is 0 Å². The second kappa shape index (κ2) is 7.44. The largest absolute Gasteiger partial charge is 0.395 e. The Morgan fingerprint density at radius 2 is 2.17 bits per heavy atom.